The Kier molecular flexibility index (Phi) is 7.15. The van der Waals surface area contributed by atoms with E-state index in [0.717, 1.165) is 25.1 Å². The summed E-state index contributed by atoms with van der Waals surface area (Å²) in [6, 6.07) is 20.0. The number of allylic oxidation sites excluding steroid dienone is 17. The molecule has 0 saturated heterocycles. The van der Waals surface area contributed by atoms with Crippen LogP contribution in [0.5, 0.6) is 0 Å². The second kappa shape index (κ2) is 11.9. The number of aliphatic imine (C=N–C) groups is 2. The molecule has 0 bridgehead atoms. The number of nitrogens with zero attached hydrogens (tertiary/aromatic N) is 2. The van der Waals surface area contributed by atoms with E-state index in [1.165, 1.54) is 33.5 Å². The molecule has 8 aliphatic rings. The first-order valence-electron chi connectivity index (χ1n) is 18.9. The van der Waals surface area contributed by atoms with Crippen molar-refractivity contribution in [2.75, 3.05) is 0 Å². The van der Waals surface area contributed by atoms with Gasteiger partial charge < -0.3 is 0 Å². The number of fused-ring (bicyclic) bond motifs is 10. The van der Waals surface area contributed by atoms with Crippen LogP contribution in [0, 0.1) is 46.8 Å². The van der Waals surface area contributed by atoms with Crippen LogP contribution >= 0.6 is 0 Å². The van der Waals surface area contributed by atoms with E-state index in [-0.39, 0.29) is 23.3 Å². The predicted molar refractivity (Wildman–Crippen MR) is 208 cm³/mol. The summed E-state index contributed by atoms with van der Waals surface area (Å²) >= 11 is 0. The van der Waals surface area contributed by atoms with Crippen molar-refractivity contribution in [3.8, 4) is 11.1 Å². The number of hydrogen-bond acceptors (Lipinski definition) is 2. The van der Waals surface area contributed by atoms with E-state index in [4.69, 9.17) is 9.98 Å². The molecule has 1 aliphatic heterocycles. The van der Waals surface area contributed by atoms with Crippen LogP contribution in [0.1, 0.15) is 37.7 Å². The zero-order valence-electron chi connectivity index (χ0n) is 28.7. The molecule has 10 rings (SSSR count). The molecule has 2 nitrogen and oxygen atoms in total. The SMILES string of the molecule is CC1C=C(C2=NC(C3C=CC=CC3)=NC3C2C2=CCCC=C2C32C3C=CC=CC3C3C=CC=CC32)C=CC1c1ccc(-c2ccccc2)cc1. The fourth-order valence-corrected chi connectivity index (χ4v) is 10.9. The van der Waals surface area contributed by atoms with Gasteiger partial charge in [0.05, 0.1) is 17.7 Å². The average molecular weight is 649 g/mol. The van der Waals surface area contributed by atoms with Crippen LogP contribution in [0.25, 0.3) is 11.1 Å². The van der Waals surface area contributed by atoms with Gasteiger partial charge in [-0.05, 0) is 82.3 Å². The lowest BCUT2D eigenvalue weighted by Crippen LogP contribution is -2.46. The van der Waals surface area contributed by atoms with Gasteiger partial charge in [0.1, 0.15) is 5.84 Å². The van der Waals surface area contributed by atoms with Crippen LogP contribution in [-0.2, 0) is 0 Å². The predicted octanol–water partition coefficient (Wildman–Crippen LogP) is 10.9. The van der Waals surface area contributed by atoms with E-state index in [2.05, 4.69) is 165 Å². The molecule has 0 N–H and O–H groups in total. The van der Waals surface area contributed by atoms with Crippen molar-refractivity contribution in [1.29, 1.82) is 0 Å². The molecule has 0 radical (unpaired) electrons. The summed E-state index contributed by atoms with van der Waals surface area (Å²) in [5.41, 5.74) is 9.41. The Morgan fingerprint density at radius 1 is 0.700 bits per heavy atom. The first-order valence-corrected chi connectivity index (χ1v) is 18.9. The van der Waals surface area contributed by atoms with Gasteiger partial charge in [0, 0.05) is 17.3 Å². The summed E-state index contributed by atoms with van der Waals surface area (Å²) in [7, 11) is 0. The standard InChI is InChI=1S/C48H44N2/c1-31-30-36(28-29-37(31)34-26-24-33(25-27-34)32-14-4-2-5-15-32)45-44-40-20-10-13-23-43(40)48(46(44)50-47(49-45)35-16-6-3-7-17-35)41-21-11-8-18-38(41)39-19-9-12-22-42(39)48/h2-9,11-12,14-16,18-31,35,37-39,41-42,44,46H,10,13,17H2,1H3. The Morgan fingerprint density at radius 2 is 1.40 bits per heavy atom. The Morgan fingerprint density at radius 3 is 2.12 bits per heavy atom. The molecule has 7 aliphatic carbocycles. The van der Waals surface area contributed by atoms with Gasteiger partial charge in [-0.2, -0.15) is 0 Å². The third-order valence-electron chi connectivity index (χ3n) is 13.0. The molecule has 2 fully saturated rings. The first kappa shape index (κ1) is 30.0. The summed E-state index contributed by atoms with van der Waals surface area (Å²) in [6.45, 7) is 2.38. The van der Waals surface area contributed by atoms with E-state index in [1.807, 2.05) is 0 Å². The van der Waals surface area contributed by atoms with E-state index >= 15 is 0 Å². The van der Waals surface area contributed by atoms with E-state index < -0.39 is 0 Å². The maximum Gasteiger partial charge on any atom is 0.131 e. The van der Waals surface area contributed by atoms with Crippen molar-refractivity contribution < 1.29 is 0 Å². The highest BCUT2D eigenvalue weighted by molar-refractivity contribution is 6.15. The second-order valence-electron chi connectivity index (χ2n) is 15.4. The largest absolute Gasteiger partial charge is 0.265 e. The normalized spacial score (nSPS) is 37.0. The van der Waals surface area contributed by atoms with Crippen LogP contribution in [0.4, 0.5) is 0 Å². The van der Waals surface area contributed by atoms with Gasteiger partial charge in [-0.1, -0.05) is 165 Å². The summed E-state index contributed by atoms with van der Waals surface area (Å²) in [4.78, 5) is 11.5. The van der Waals surface area contributed by atoms with Crippen LogP contribution in [0.3, 0.4) is 0 Å². The summed E-state index contributed by atoms with van der Waals surface area (Å²) in [5.74, 6) is 3.84. The zero-order valence-corrected chi connectivity index (χ0v) is 28.7. The topological polar surface area (TPSA) is 24.7 Å². The lowest BCUT2D eigenvalue weighted by atomic mass is 9.62. The smallest absolute Gasteiger partial charge is 0.131 e. The Balaban J connectivity index is 1.07. The van der Waals surface area contributed by atoms with Crippen molar-refractivity contribution in [1.82, 2.24) is 0 Å². The van der Waals surface area contributed by atoms with Gasteiger partial charge in [-0.25, -0.2) is 4.99 Å². The minimum atomic E-state index is -0.0942. The average Bonchev–Trinajstić information content (AvgIpc) is 3.66. The molecule has 9 atom stereocenters. The third-order valence-corrected chi connectivity index (χ3v) is 13.0. The minimum Gasteiger partial charge on any atom is -0.265 e. The Bertz CT molecular complexity index is 2050. The van der Waals surface area contributed by atoms with Crippen LogP contribution in [0.15, 0.2) is 185 Å². The van der Waals surface area contributed by atoms with Gasteiger partial charge in [0.15, 0.2) is 0 Å². The molecule has 246 valence electrons. The zero-order chi connectivity index (χ0) is 33.2. The Hall–Kier alpha value is -4.82. The number of benzene rings is 2. The second-order valence-corrected chi connectivity index (χ2v) is 15.4. The quantitative estimate of drug-likeness (QED) is 0.315. The molecule has 0 amide bonds. The lowest BCUT2D eigenvalue weighted by molar-refractivity contribution is 0.198. The lowest BCUT2D eigenvalue weighted by Gasteiger charge is -2.43. The molecule has 2 aromatic rings. The molecule has 2 aromatic carbocycles. The molecule has 2 heteroatoms. The summed E-state index contributed by atoms with van der Waals surface area (Å²) < 4.78 is 0. The summed E-state index contributed by atoms with van der Waals surface area (Å²) in [5, 5.41) is 0. The van der Waals surface area contributed by atoms with E-state index in [9.17, 15) is 0 Å². The molecule has 1 spiro atoms. The highest BCUT2D eigenvalue weighted by Gasteiger charge is 2.69. The van der Waals surface area contributed by atoms with Crippen LogP contribution < -0.4 is 0 Å². The van der Waals surface area contributed by atoms with Crippen molar-refractivity contribution in [3.05, 3.63) is 180 Å². The van der Waals surface area contributed by atoms with Crippen molar-refractivity contribution in [2.24, 2.45) is 56.8 Å². The first-order chi connectivity index (χ1) is 24.7. The van der Waals surface area contributed by atoms with Crippen molar-refractivity contribution >= 4 is 11.5 Å². The number of hydrogen-bond donors (Lipinski definition) is 0. The molecule has 50 heavy (non-hydrogen) atoms. The van der Waals surface area contributed by atoms with Crippen molar-refractivity contribution in [3.63, 3.8) is 0 Å². The van der Waals surface area contributed by atoms with Gasteiger partial charge in [-0.15, -0.1) is 0 Å². The van der Waals surface area contributed by atoms with Crippen molar-refractivity contribution in [2.45, 2.75) is 38.1 Å². The molecule has 0 aromatic heterocycles. The molecule has 9 unspecified atom stereocenters. The maximum absolute atomic E-state index is 5.86. The number of amidine groups is 1. The molecule has 1 heterocycles. The van der Waals surface area contributed by atoms with Gasteiger partial charge in [0.2, 0.25) is 0 Å². The maximum atomic E-state index is 5.86. The minimum absolute atomic E-state index is 0.0942. The monoisotopic (exact) mass is 648 g/mol. The fourth-order valence-electron chi connectivity index (χ4n) is 10.9. The molecular formula is C48H44N2. The fraction of sp³-hybridized carbons (Fsp3) is 0.292. The van der Waals surface area contributed by atoms with Crippen LogP contribution in [-0.4, -0.2) is 17.6 Å². The van der Waals surface area contributed by atoms with Crippen LogP contribution in [0.2, 0.25) is 0 Å². The Labute approximate surface area is 296 Å². The number of rotatable bonds is 4. The summed E-state index contributed by atoms with van der Waals surface area (Å²) in [6.07, 6.45) is 44.0. The highest BCUT2D eigenvalue weighted by Crippen LogP contribution is 2.71. The van der Waals surface area contributed by atoms with Gasteiger partial charge >= 0.3 is 0 Å². The third kappa shape index (κ3) is 4.46. The van der Waals surface area contributed by atoms with E-state index in [0.29, 0.717) is 35.5 Å². The molecule has 2 saturated carbocycles. The highest BCUT2D eigenvalue weighted by atomic mass is 15.0. The van der Waals surface area contributed by atoms with Gasteiger partial charge in [0.25, 0.3) is 0 Å². The van der Waals surface area contributed by atoms with E-state index in [1.54, 1.807) is 5.57 Å². The van der Waals surface area contributed by atoms with Gasteiger partial charge in [-0.3, -0.25) is 4.99 Å². The molecular weight excluding hydrogens is 605 g/mol.